The van der Waals surface area contributed by atoms with Gasteiger partial charge in [-0.15, -0.1) is 5.10 Å². The van der Waals surface area contributed by atoms with Crippen molar-refractivity contribution >= 4 is 99.9 Å². The first-order valence-corrected chi connectivity index (χ1v) is 35.9. The fourth-order valence-electron chi connectivity index (χ4n) is 11.3. The van der Waals surface area contributed by atoms with Crippen LogP contribution in [0.5, 0.6) is 5.75 Å². The molecule has 602 valence electrons. The Hall–Kier alpha value is -13.3. The number of hydrogen-bond acceptors (Lipinski definition) is 20. The molecule has 6 aromatic rings. The lowest BCUT2D eigenvalue weighted by molar-refractivity contribution is -0.141. The number of hydrogen-bond donors (Lipinski definition) is 18. The van der Waals surface area contributed by atoms with Crippen LogP contribution < -0.4 is 75.3 Å². The molecule has 36 heteroatoms. The van der Waals surface area contributed by atoms with Crippen molar-refractivity contribution in [3.8, 4) is 5.75 Å². The highest BCUT2D eigenvalue weighted by atomic mass is 16.4. The number of aromatic hydroxyl groups is 1. The van der Waals surface area contributed by atoms with E-state index in [0.29, 0.717) is 17.8 Å². The molecule has 0 saturated heterocycles. The number of amides is 13. The molecule has 4 unspecified atom stereocenters. The van der Waals surface area contributed by atoms with Crippen LogP contribution in [0.15, 0.2) is 146 Å². The molecule has 0 radical (unpaired) electrons. The highest BCUT2D eigenvalue weighted by molar-refractivity contribution is 6.05. The van der Waals surface area contributed by atoms with Gasteiger partial charge in [-0.3, -0.25) is 71.9 Å². The van der Waals surface area contributed by atoms with Gasteiger partial charge < -0.3 is 95.7 Å². The summed E-state index contributed by atoms with van der Waals surface area (Å²) in [5.41, 5.74) is 19.3. The predicted octanol–water partition coefficient (Wildman–Crippen LogP) is -2.34. The Kier molecular flexibility index (Phi) is 34.4. The van der Waals surface area contributed by atoms with Crippen molar-refractivity contribution in [2.45, 2.75) is 135 Å². The third kappa shape index (κ3) is 29.6. The largest absolute Gasteiger partial charge is 0.508 e. The highest BCUT2D eigenvalue weighted by Gasteiger charge is 2.33. The molecular weight excluding hydrogens is 1470 g/mol. The summed E-state index contributed by atoms with van der Waals surface area (Å²) in [7, 11) is 0. The van der Waals surface area contributed by atoms with Gasteiger partial charge in [-0.05, 0) is 88.8 Å². The molecule has 1 aromatic heterocycles. The second kappa shape index (κ2) is 43.8. The van der Waals surface area contributed by atoms with Gasteiger partial charge in [0.05, 0.1) is 69.9 Å². The molecule has 13 amide bonds. The fraction of sp³-hybridized carbons (Fsp3) is 0.364. The molecule has 0 fully saturated rings. The molecule has 9 atom stereocenters. The monoisotopic (exact) mass is 1560 g/mol. The minimum Gasteiger partial charge on any atom is -0.508 e. The van der Waals surface area contributed by atoms with E-state index in [1.165, 1.54) is 52.0 Å². The number of aliphatic hydroxyl groups excluding tert-OH is 1. The van der Waals surface area contributed by atoms with Crippen LogP contribution in [0.2, 0.25) is 0 Å². The number of carboxylic acids is 2. The number of carbonyl (C=O) groups excluding carboxylic acids is 13. The van der Waals surface area contributed by atoms with E-state index in [9.17, 15) is 92.3 Å². The van der Waals surface area contributed by atoms with Crippen LogP contribution in [0.1, 0.15) is 99.9 Å². The SMILES string of the molecule is CC(C)C[C@H](NC(=O)CNC(=O)C(NC(=O)CNC(=O)[C@H](CC(=O)O)NC(=O)CNC(=O)[C@H](CC(=O)O)NC(=O)CNC(=O)C(N)Cc1cn(Cc2ccc(C(=C(c3ccccc3)c3ccccc3)c3ccccc3)cc2)nn1)C(C)C)C(=O)NCC(=O)N[C@@H](Cc1ccc(O)cc1)C(=O)N[C@@H](C)C(=O)NC(C(N)=O)C(C)O. The average Bonchev–Trinajstić information content (AvgIpc) is 0.789. The van der Waals surface area contributed by atoms with E-state index in [1.54, 1.807) is 24.7 Å². The van der Waals surface area contributed by atoms with E-state index < -0.39 is 195 Å². The number of phenols is 1. The molecule has 0 bridgehead atoms. The van der Waals surface area contributed by atoms with Gasteiger partial charge in [0.2, 0.25) is 76.8 Å². The van der Waals surface area contributed by atoms with Crippen molar-refractivity contribution in [2.24, 2.45) is 23.3 Å². The summed E-state index contributed by atoms with van der Waals surface area (Å²) in [5.74, 6) is -17.0. The number of nitrogens with zero attached hydrogens (tertiary/aromatic N) is 3. The molecule has 0 saturated carbocycles. The summed E-state index contributed by atoms with van der Waals surface area (Å²) in [6.45, 7) is 5.12. The first-order valence-electron chi connectivity index (χ1n) is 35.9. The fourth-order valence-corrected chi connectivity index (χ4v) is 11.3. The maximum absolute atomic E-state index is 13.5. The van der Waals surface area contributed by atoms with Crippen molar-refractivity contribution in [3.63, 3.8) is 0 Å². The highest BCUT2D eigenvalue weighted by Crippen LogP contribution is 2.37. The number of aliphatic carboxylic acids is 2. The van der Waals surface area contributed by atoms with Crippen LogP contribution in [-0.2, 0) is 91.3 Å². The number of carbonyl (C=O) groups is 15. The number of aromatic nitrogens is 3. The summed E-state index contributed by atoms with van der Waals surface area (Å²) >= 11 is 0. The number of phenolic OH excluding ortho intramolecular Hbond substituents is 1. The molecule has 0 aliphatic rings. The normalized spacial score (nSPS) is 13.3. The van der Waals surface area contributed by atoms with Gasteiger partial charge in [0.1, 0.15) is 48.0 Å². The predicted molar refractivity (Wildman–Crippen MR) is 407 cm³/mol. The summed E-state index contributed by atoms with van der Waals surface area (Å²) in [6.07, 6.45) is -2.11. The zero-order valence-corrected chi connectivity index (χ0v) is 62.9. The number of nitrogens with two attached hydrogens (primary N) is 2. The molecule has 1 heterocycles. The molecule has 6 rings (SSSR count). The minimum absolute atomic E-state index is 0.0205. The third-order valence-electron chi connectivity index (χ3n) is 17.0. The van der Waals surface area contributed by atoms with Crippen LogP contribution in [0.3, 0.4) is 0 Å². The Morgan fingerprint density at radius 2 is 0.823 bits per heavy atom. The molecule has 5 aromatic carbocycles. The molecule has 0 aliphatic heterocycles. The average molecular weight is 1560 g/mol. The number of carboxylic acid groups (broad SMARTS) is 2. The van der Waals surface area contributed by atoms with Gasteiger partial charge >= 0.3 is 11.9 Å². The number of aliphatic hydroxyl groups is 1. The number of primary amides is 1. The van der Waals surface area contributed by atoms with Crippen molar-refractivity contribution in [1.82, 2.24) is 78.8 Å². The van der Waals surface area contributed by atoms with Gasteiger partial charge in [-0.1, -0.05) is 160 Å². The van der Waals surface area contributed by atoms with Crippen LogP contribution >= 0.6 is 0 Å². The number of benzene rings is 5. The van der Waals surface area contributed by atoms with E-state index in [2.05, 4.69) is 111 Å². The van der Waals surface area contributed by atoms with Crippen molar-refractivity contribution in [3.05, 3.63) is 185 Å². The summed E-state index contributed by atoms with van der Waals surface area (Å²) in [5, 5.41) is 74.7. The van der Waals surface area contributed by atoms with Gasteiger partial charge in [0.15, 0.2) is 0 Å². The third-order valence-corrected chi connectivity index (χ3v) is 17.0. The van der Waals surface area contributed by atoms with Crippen LogP contribution in [0, 0.1) is 11.8 Å². The molecular formula is C77H95N17O19. The quantitative estimate of drug-likeness (QED) is 0.0178. The zero-order chi connectivity index (χ0) is 83.0. The summed E-state index contributed by atoms with van der Waals surface area (Å²) in [4.78, 5) is 194. The first-order chi connectivity index (χ1) is 53.6. The minimum atomic E-state index is -1.89. The lowest BCUT2D eigenvalue weighted by Crippen LogP contribution is -2.58. The summed E-state index contributed by atoms with van der Waals surface area (Å²) in [6, 6.07) is 32.2. The molecule has 113 heavy (non-hydrogen) atoms. The van der Waals surface area contributed by atoms with Crippen molar-refractivity contribution in [1.29, 1.82) is 0 Å². The lowest BCUT2D eigenvalue weighted by Gasteiger charge is -2.24. The van der Waals surface area contributed by atoms with Gasteiger partial charge in [0.25, 0.3) is 0 Å². The Morgan fingerprint density at radius 3 is 1.25 bits per heavy atom. The topological polar surface area (TPSA) is 564 Å². The van der Waals surface area contributed by atoms with E-state index >= 15 is 0 Å². The van der Waals surface area contributed by atoms with E-state index in [0.717, 1.165) is 39.0 Å². The van der Waals surface area contributed by atoms with Crippen molar-refractivity contribution < 1.29 is 92.3 Å². The lowest BCUT2D eigenvalue weighted by atomic mass is 9.85. The first kappa shape index (κ1) is 88.7. The van der Waals surface area contributed by atoms with E-state index in [1.807, 2.05) is 78.9 Å². The van der Waals surface area contributed by atoms with Crippen molar-refractivity contribution in [2.75, 3.05) is 32.7 Å². The van der Waals surface area contributed by atoms with Gasteiger partial charge in [-0.25, -0.2) is 4.68 Å². The second-order valence-corrected chi connectivity index (χ2v) is 27.2. The molecule has 0 spiro atoms. The van der Waals surface area contributed by atoms with E-state index in [-0.39, 0.29) is 30.9 Å². The Bertz CT molecular complexity index is 4330. The molecule has 0 aliphatic carbocycles. The number of rotatable bonds is 43. The number of nitrogens with one attached hydrogen (secondary N) is 12. The Labute approximate surface area is 649 Å². The van der Waals surface area contributed by atoms with E-state index in [4.69, 9.17) is 11.5 Å². The zero-order valence-electron chi connectivity index (χ0n) is 62.9. The standard InChI is InChI=1S/C77H95N17O19/c1-42(2)30-55(73(109)81-36-60(98)87-56(31-46-24-28-53(96)29-25-46)76(112)85-44(5)71(107)91-69(45(6)95)70(79)106)86-62(100)38-84-77(113)68(43(3)4)90-63(101)39-83-75(111)58(34-65(104)105)89-61(99)37-82-74(110)57(33-64(102)103)88-59(97)35-80-72(108)54(78)32-52-41-94(93-92-52)40-47-22-26-51(27-23-47)67(50-20-14-9-15-21-50)66(48-16-10-7-11-17-48)49-18-12-8-13-19-49/h7-29,41-45,54-58,68-69,95-96H,30-40,78H2,1-6H3,(H2,79,106)(H,80,108)(H,81,109)(H,82,110)(H,83,111)(H,84,113)(H,85,112)(H,86,100)(H,87,98)(H,88,97)(H,89,99)(H,90,101)(H,91,107)(H,102,103)(H,104,105)/t44-,45?,54?,55-,56-,57-,58-,68?,69?/m0/s1. The second-order valence-electron chi connectivity index (χ2n) is 27.2. The smallest absolute Gasteiger partial charge is 0.305 e. The van der Waals surface area contributed by atoms with Crippen LogP contribution in [-0.4, -0.2) is 211 Å². The Balaban J connectivity index is 0.935. The molecule has 20 N–H and O–H groups in total. The Morgan fingerprint density at radius 1 is 0.425 bits per heavy atom. The summed E-state index contributed by atoms with van der Waals surface area (Å²) < 4.78 is 1.57. The molecule has 36 nitrogen and oxygen atoms in total. The maximum Gasteiger partial charge on any atom is 0.305 e. The maximum atomic E-state index is 13.5. The van der Waals surface area contributed by atoms with Gasteiger partial charge in [-0.2, -0.15) is 0 Å². The van der Waals surface area contributed by atoms with Gasteiger partial charge in [0, 0.05) is 19.0 Å². The van der Waals surface area contributed by atoms with Crippen LogP contribution in [0.4, 0.5) is 0 Å². The van der Waals surface area contributed by atoms with Crippen LogP contribution in [0.25, 0.3) is 11.1 Å².